The van der Waals surface area contributed by atoms with Crippen LogP contribution in [0.1, 0.15) is 72.1 Å². The van der Waals surface area contributed by atoms with E-state index in [-0.39, 0.29) is 0 Å². The molecule has 0 unspecified atom stereocenters. The fourth-order valence-corrected chi connectivity index (χ4v) is 2.72. The number of nitrogens with two attached hydrogens (primary N) is 1. The predicted molar refractivity (Wildman–Crippen MR) is 83.0 cm³/mol. The van der Waals surface area contributed by atoms with Gasteiger partial charge in [0, 0.05) is 12.6 Å². The molecule has 4 nitrogen and oxygen atoms in total. The zero-order chi connectivity index (χ0) is 14.1. The molecule has 0 amide bonds. The van der Waals surface area contributed by atoms with Crippen molar-refractivity contribution in [1.29, 1.82) is 0 Å². The summed E-state index contributed by atoms with van der Waals surface area (Å²) in [7, 11) is 0. The third-order valence-electron chi connectivity index (χ3n) is 3.91. The maximum absolute atomic E-state index is 5.71. The van der Waals surface area contributed by atoms with Gasteiger partial charge in [0.1, 0.15) is 0 Å². The number of hydrogen-bond donors (Lipinski definition) is 2. The first-order chi connectivity index (χ1) is 9.19. The molecule has 1 saturated carbocycles. The summed E-state index contributed by atoms with van der Waals surface area (Å²) in [5, 5.41) is 0. The molecule has 1 aliphatic rings. The molecule has 0 spiro atoms. The SMILES string of the molecule is CCCCCN(C(=NC1CCCCC1)NN)C(C)C. The highest BCUT2D eigenvalue weighted by Gasteiger charge is 2.18. The number of guanidine groups is 1. The van der Waals surface area contributed by atoms with Crippen LogP contribution in [0.4, 0.5) is 0 Å². The molecule has 0 aromatic rings. The Hall–Kier alpha value is -0.770. The smallest absolute Gasteiger partial charge is 0.208 e. The van der Waals surface area contributed by atoms with Gasteiger partial charge in [0.05, 0.1) is 6.04 Å². The summed E-state index contributed by atoms with van der Waals surface area (Å²) < 4.78 is 0. The number of nitrogens with one attached hydrogen (secondary N) is 1. The highest BCUT2D eigenvalue weighted by molar-refractivity contribution is 5.79. The highest BCUT2D eigenvalue weighted by Crippen LogP contribution is 2.20. The molecule has 0 bridgehead atoms. The summed E-state index contributed by atoms with van der Waals surface area (Å²) in [5.41, 5.74) is 2.83. The van der Waals surface area contributed by atoms with Gasteiger partial charge in [-0.3, -0.25) is 5.43 Å². The molecule has 1 fully saturated rings. The minimum atomic E-state index is 0.440. The van der Waals surface area contributed by atoms with Crippen LogP contribution in [0.2, 0.25) is 0 Å². The van der Waals surface area contributed by atoms with E-state index in [4.69, 9.17) is 10.8 Å². The number of unbranched alkanes of at least 4 members (excludes halogenated alkanes) is 2. The Labute approximate surface area is 118 Å². The minimum Gasteiger partial charge on any atom is -0.339 e. The van der Waals surface area contributed by atoms with Crippen LogP contribution in [0.3, 0.4) is 0 Å². The van der Waals surface area contributed by atoms with E-state index in [1.54, 1.807) is 0 Å². The van der Waals surface area contributed by atoms with Crippen molar-refractivity contribution in [3.63, 3.8) is 0 Å². The second kappa shape index (κ2) is 9.18. The first-order valence-electron chi connectivity index (χ1n) is 8.00. The molecular formula is C15H32N4. The van der Waals surface area contributed by atoms with E-state index in [1.807, 2.05) is 0 Å². The predicted octanol–water partition coefficient (Wildman–Crippen LogP) is 3.04. The van der Waals surface area contributed by atoms with E-state index in [1.165, 1.54) is 51.4 Å². The van der Waals surface area contributed by atoms with E-state index >= 15 is 0 Å². The molecule has 0 aliphatic heterocycles. The van der Waals surface area contributed by atoms with Gasteiger partial charge >= 0.3 is 0 Å². The normalized spacial score (nSPS) is 17.8. The van der Waals surface area contributed by atoms with Crippen LogP contribution in [0.5, 0.6) is 0 Å². The standard InChI is InChI=1S/C15H32N4/c1-4-5-9-12-19(13(2)3)15(18-16)17-14-10-7-6-8-11-14/h13-14H,4-12,16H2,1-3H3,(H,17,18). The Morgan fingerprint density at radius 2 is 1.95 bits per heavy atom. The fraction of sp³-hybridized carbons (Fsp3) is 0.933. The molecule has 0 atom stereocenters. The molecule has 3 N–H and O–H groups in total. The Kier molecular flexibility index (Phi) is 7.87. The molecule has 0 radical (unpaired) electrons. The molecule has 19 heavy (non-hydrogen) atoms. The van der Waals surface area contributed by atoms with E-state index in [0.717, 1.165) is 12.5 Å². The molecule has 1 aliphatic carbocycles. The lowest BCUT2D eigenvalue weighted by atomic mass is 9.96. The monoisotopic (exact) mass is 268 g/mol. The number of hydrazine groups is 1. The van der Waals surface area contributed by atoms with Gasteiger partial charge in [0.25, 0.3) is 0 Å². The van der Waals surface area contributed by atoms with E-state index in [2.05, 4.69) is 31.1 Å². The Morgan fingerprint density at radius 1 is 1.26 bits per heavy atom. The van der Waals surface area contributed by atoms with Crippen molar-refractivity contribution < 1.29 is 0 Å². The van der Waals surface area contributed by atoms with Crippen LogP contribution in [-0.4, -0.2) is 29.5 Å². The Balaban J connectivity index is 2.62. The van der Waals surface area contributed by atoms with E-state index in [9.17, 15) is 0 Å². The number of rotatable bonds is 6. The highest BCUT2D eigenvalue weighted by atomic mass is 15.4. The lowest BCUT2D eigenvalue weighted by molar-refractivity contribution is 0.323. The van der Waals surface area contributed by atoms with Crippen LogP contribution < -0.4 is 11.3 Å². The zero-order valence-electron chi connectivity index (χ0n) is 13.0. The van der Waals surface area contributed by atoms with Crippen molar-refractivity contribution >= 4 is 5.96 Å². The quantitative estimate of drug-likeness (QED) is 0.256. The summed E-state index contributed by atoms with van der Waals surface area (Å²) in [5.74, 6) is 6.60. The second-order valence-electron chi connectivity index (χ2n) is 5.88. The average molecular weight is 268 g/mol. The maximum atomic E-state index is 5.71. The molecular weight excluding hydrogens is 236 g/mol. The number of aliphatic imine (C=N–C) groups is 1. The number of nitrogens with zero attached hydrogens (tertiary/aromatic N) is 2. The summed E-state index contributed by atoms with van der Waals surface area (Å²) in [6.07, 6.45) is 10.1. The first kappa shape index (κ1) is 16.3. The van der Waals surface area contributed by atoms with Crippen LogP contribution in [0.15, 0.2) is 4.99 Å². The lowest BCUT2D eigenvalue weighted by Gasteiger charge is -2.31. The average Bonchev–Trinajstić information content (AvgIpc) is 2.42. The Morgan fingerprint density at radius 3 is 2.47 bits per heavy atom. The minimum absolute atomic E-state index is 0.440. The maximum Gasteiger partial charge on any atom is 0.208 e. The van der Waals surface area contributed by atoms with Gasteiger partial charge < -0.3 is 4.90 Å². The molecule has 0 aromatic carbocycles. The first-order valence-corrected chi connectivity index (χ1v) is 8.00. The van der Waals surface area contributed by atoms with Gasteiger partial charge in [-0.15, -0.1) is 0 Å². The third kappa shape index (κ3) is 5.81. The van der Waals surface area contributed by atoms with Gasteiger partial charge in [0.15, 0.2) is 0 Å². The van der Waals surface area contributed by atoms with Gasteiger partial charge in [0.2, 0.25) is 5.96 Å². The van der Waals surface area contributed by atoms with Crippen LogP contribution >= 0.6 is 0 Å². The molecule has 0 saturated heterocycles. The van der Waals surface area contributed by atoms with E-state index < -0.39 is 0 Å². The van der Waals surface area contributed by atoms with Crippen LogP contribution in [0, 0.1) is 0 Å². The molecule has 0 heterocycles. The van der Waals surface area contributed by atoms with Crippen molar-refractivity contribution in [2.24, 2.45) is 10.8 Å². The van der Waals surface area contributed by atoms with Crippen molar-refractivity contribution in [1.82, 2.24) is 10.3 Å². The van der Waals surface area contributed by atoms with Crippen molar-refractivity contribution in [2.75, 3.05) is 6.54 Å². The van der Waals surface area contributed by atoms with Crippen molar-refractivity contribution in [3.05, 3.63) is 0 Å². The summed E-state index contributed by atoms with van der Waals surface area (Å²) in [6.45, 7) is 7.69. The molecule has 4 heteroatoms. The summed E-state index contributed by atoms with van der Waals surface area (Å²) in [6, 6.07) is 0.905. The summed E-state index contributed by atoms with van der Waals surface area (Å²) >= 11 is 0. The van der Waals surface area contributed by atoms with E-state index in [0.29, 0.717) is 12.1 Å². The van der Waals surface area contributed by atoms with Crippen LogP contribution in [0.25, 0.3) is 0 Å². The van der Waals surface area contributed by atoms with Gasteiger partial charge in [-0.1, -0.05) is 39.0 Å². The largest absolute Gasteiger partial charge is 0.339 e. The Bertz CT molecular complexity index is 257. The molecule has 112 valence electrons. The lowest BCUT2D eigenvalue weighted by Crippen LogP contribution is -2.49. The third-order valence-corrected chi connectivity index (χ3v) is 3.91. The van der Waals surface area contributed by atoms with Gasteiger partial charge in [-0.25, -0.2) is 10.8 Å². The van der Waals surface area contributed by atoms with Gasteiger partial charge in [-0.05, 0) is 33.1 Å². The number of hydrogen-bond acceptors (Lipinski definition) is 2. The fourth-order valence-electron chi connectivity index (χ4n) is 2.72. The molecule has 1 rings (SSSR count). The second-order valence-corrected chi connectivity index (χ2v) is 5.88. The topological polar surface area (TPSA) is 53.6 Å². The van der Waals surface area contributed by atoms with Crippen LogP contribution in [-0.2, 0) is 0 Å². The zero-order valence-corrected chi connectivity index (χ0v) is 13.0. The van der Waals surface area contributed by atoms with Crippen molar-refractivity contribution in [2.45, 2.75) is 84.2 Å². The van der Waals surface area contributed by atoms with Gasteiger partial charge in [-0.2, -0.15) is 0 Å². The summed E-state index contributed by atoms with van der Waals surface area (Å²) in [4.78, 5) is 7.17. The molecule has 0 aromatic heterocycles. The van der Waals surface area contributed by atoms with Crippen molar-refractivity contribution in [3.8, 4) is 0 Å².